The Balaban J connectivity index is 2.96. The van der Waals surface area contributed by atoms with Crippen LogP contribution in [0.5, 0.6) is 0 Å². The summed E-state index contributed by atoms with van der Waals surface area (Å²) in [6.45, 7) is 5.73. The van der Waals surface area contributed by atoms with Crippen molar-refractivity contribution in [2.45, 2.75) is 19.9 Å². The van der Waals surface area contributed by atoms with Gasteiger partial charge >= 0.3 is 5.97 Å². The maximum atomic E-state index is 10.5. The highest BCUT2D eigenvalue weighted by Gasteiger charge is 2.11. The maximum Gasteiger partial charge on any atom is 0.328 e. The van der Waals surface area contributed by atoms with Crippen LogP contribution in [-0.4, -0.2) is 37.4 Å². The zero-order valence-electron chi connectivity index (χ0n) is 12.0. The molecular weight excluding hydrogens is 322 g/mol. The molecule has 0 saturated heterocycles. The molecule has 0 unspecified atom stereocenters. The average molecular weight is 342 g/mol. The van der Waals surface area contributed by atoms with E-state index in [1.54, 1.807) is 13.2 Å². The fourth-order valence-electron chi connectivity index (χ4n) is 1.87. The predicted molar refractivity (Wildman–Crippen MR) is 85.2 cm³/mol. The summed E-state index contributed by atoms with van der Waals surface area (Å²) < 4.78 is 6.00. The van der Waals surface area contributed by atoms with Gasteiger partial charge < -0.3 is 14.7 Å². The number of benzene rings is 1. The average Bonchev–Trinajstić information content (AvgIpc) is 2.37. The number of methoxy groups -OCH3 is 1. The number of anilines is 1. The summed E-state index contributed by atoms with van der Waals surface area (Å²) in [6, 6.07) is 6.25. The minimum absolute atomic E-state index is 0.359. The highest BCUT2D eigenvalue weighted by Crippen LogP contribution is 2.26. The second-order valence-electron chi connectivity index (χ2n) is 4.66. The molecule has 0 aliphatic heterocycles. The number of nitrogens with zero attached hydrogens (tertiary/aromatic N) is 1. The molecule has 0 aliphatic carbocycles. The largest absolute Gasteiger partial charge is 0.478 e. The molecule has 0 aromatic heterocycles. The normalized spacial score (nSPS) is 11.2. The third-order valence-corrected chi connectivity index (χ3v) is 3.57. The van der Waals surface area contributed by atoms with Gasteiger partial charge in [0, 0.05) is 35.9 Å². The zero-order chi connectivity index (χ0) is 15.1. The zero-order valence-corrected chi connectivity index (χ0v) is 13.6. The van der Waals surface area contributed by atoms with E-state index < -0.39 is 5.97 Å². The Morgan fingerprint density at radius 2 is 2.20 bits per heavy atom. The minimum atomic E-state index is -0.954. The Labute approximate surface area is 128 Å². The molecule has 1 N–H and O–H groups in total. The molecule has 0 amide bonds. The van der Waals surface area contributed by atoms with Gasteiger partial charge in [0.2, 0.25) is 0 Å². The third kappa shape index (κ3) is 4.98. The number of aliphatic carboxylic acids is 1. The van der Waals surface area contributed by atoms with Crippen molar-refractivity contribution in [2.24, 2.45) is 0 Å². The highest BCUT2D eigenvalue weighted by atomic mass is 79.9. The quantitative estimate of drug-likeness (QED) is 0.772. The van der Waals surface area contributed by atoms with E-state index in [4.69, 9.17) is 9.84 Å². The van der Waals surface area contributed by atoms with E-state index in [1.165, 1.54) is 0 Å². The smallest absolute Gasteiger partial charge is 0.328 e. The SMILES string of the molecule is COCCN(c1ccc(/C=C/C(=O)O)c(Br)c1)C(C)C. The summed E-state index contributed by atoms with van der Waals surface area (Å²) in [5.41, 5.74) is 1.92. The van der Waals surface area contributed by atoms with Crippen molar-refractivity contribution in [3.8, 4) is 0 Å². The van der Waals surface area contributed by atoms with Gasteiger partial charge in [-0.3, -0.25) is 0 Å². The lowest BCUT2D eigenvalue weighted by Gasteiger charge is -2.29. The van der Waals surface area contributed by atoms with E-state index in [0.717, 1.165) is 28.3 Å². The van der Waals surface area contributed by atoms with Gasteiger partial charge in [0.25, 0.3) is 0 Å². The molecule has 0 fully saturated rings. The van der Waals surface area contributed by atoms with Gasteiger partial charge in [0.15, 0.2) is 0 Å². The lowest BCUT2D eigenvalue weighted by atomic mass is 10.1. The first kappa shape index (κ1) is 16.7. The Morgan fingerprint density at radius 3 is 2.70 bits per heavy atom. The summed E-state index contributed by atoms with van der Waals surface area (Å²) in [7, 11) is 1.69. The highest BCUT2D eigenvalue weighted by molar-refractivity contribution is 9.10. The molecule has 20 heavy (non-hydrogen) atoms. The number of carboxylic acid groups (broad SMARTS) is 1. The van der Waals surface area contributed by atoms with Crippen LogP contribution in [0.3, 0.4) is 0 Å². The first-order chi connectivity index (χ1) is 9.45. The van der Waals surface area contributed by atoms with Crippen LogP contribution in [0, 0.1) is 0 Å². The molecule has 0 bridgehead atoms. The first-order valence-electron chi connectivity index (χ1n) is 6.42. The molecule has 1 rings (SSSR count). The van der Waals surface area contributed by atoms with Crippen molar-refractivity contribution in [2.75, 3.05) is 25.2 Å². The minimum Gasteiger partial charge on any atom is -0.478 e. The number of rotatable bonds is 7. The Kier molecular flexibility index (Phi) is 6.75. The van der Waals surface area contributed by atoms with E-state index >= 15 is 0 Å². The number of carboxylic acids is 1. The first-order valence-corrected chi connectivity index (χ1v) is 7.21. The van der Waals surface area contributed by atoms with Crippen LogP contribution in [0.4, 0.5) is 5.69 Å². The molecular formula is C15H20BrNO3. The molecule has 110 valence electrons. The van der Waals surface area contributed by atoms with Gasteiger partial charge in [0.05, 0.1) is 6.61 Å². The topological polar surface area (TPSA) is 49.8 Å². The second kappa shape index (κ2) is 8.07. The molecule has 1 aromatic carbocycles. The number of hydrogen-bond acceptors (Lipinski definition) is 3. The molecule has 0 saturated carbocycles. The van der Waals surface area contributed by atoms with Gasteiger partial charge in [-0.2, -0.15) is 0 Å². The lowest BCUT2D eigenvalue weighted by molar-refractivity contribution is -0.131. The van der Waals surface area contributed by atoms with E-state index in [-0.39, 0.29) is 0 Å². The van der Waals surface area contributed by atoms with Crippen LogP contribution in [0.25, 0.3) is 6.08 Å². The molecule has 0 radical (unpaired) electrons. The number of ether oxygens (including phenoxy) is 1. The summed E-state index contributed by atoms with van der Waals surface area (Å²) in [4.78, 5) is 12.8. The number of halogens is 1. The third-order valence-electron chi connectivity index (χ3n) is 2.88. The van der Waals surface area contributed by atoms with Crippen molar-refractivity contribution >= 4 is 33.7 Å². The summed E-state index contributed by atoms with van der Waals surface area (Å²) >= 11 is 3.48. The van der Waals surface area contributed by atoms with Gasteiger partial charge in [-0.05, 0) is 37.6 Å². The van der Waals surface area contributed by atoms with E-state index in [1.807, 2.05) is 18.2 Å². The van der Waals surface area contributed by atoms with Crippen LogP contribution >= 0.6 is 15.9 Å². The Morgan fingerprint density at radius 1 is 1.50 bits per heavy atom. The molecule has 0 atom stereocenters. The van der Waals surface area contributed by atoms with Gasteiger partial charge in [-0.1, -0.05) is 22.0 Å². The van der Waals surface area contributed by atoms with Crippen LogP contribution in [0.15, 0.2) is 28.7 Å². The summed E-state index contributed by atoms with van der Waals surface area (Å²) in [6.07, 6.45) is 2.70. The van der Waals surface area contributed by atoms with Gasteiger partial charge in [-0.25, -0.2) is 4.79 Å². The van der Waals surface area contributed by atoms with Crippen LogP contribution in [0.1, 0.15) is 19.4 Å². The molecule has 4 nitrogen and oxygen atoms in total. The van der Waals surface area contributed by atoms with Crippen molar-refractivity contribution in [3.05, 3.63) is 34.3 Å². The second-order valence-corrected chi connectivity index (χ2v) is 5.51. The molecule has 5 heteroatoms. The summed E-state index contributed by atoms with van der Waals surface area (Å²) in [5, 5.41) is 8.65. The Bertz CT molecular complexity index is 486. The van der Waals surface area contributed by atoms with Crippen molar-refractivity contribution < 1.29 is 14.6 Å². The fraction of sp³-hybridized carbons (Fsp3) is 0.400. The van der Waals surface area contributed by atoms with E-state index in [0.29, 0.717) is 12.6 Å². The lowest BCUT2D eigenvalue weighted by Crippen LogP contribution is -2.33. The number of carbonyl (C=O) groups is 1. The Hall–Kier alpha value is -1.33. The monoisotopic (exact) mass is 341 g/mol. The van der Waals surface area contributed by atoms with Crippen molar-refractivity contribution in [3.63, 3.8) is 0 Å². The van der Waals surface area contributed by atoms with Crippen molar-refractivity contribution in [1.82, 2.24) is 0 Å². The maximum absolute atomic E-state index is 10.5. The van der Waals surface area contributed by atoms with Crippen LogP contribution < -0.4 is 4.90 Å². The van der Waals surface area contributed by atoms with Crippen LogP contribution in [0.2, 0.25) is 0 Å². The van der Waals surface area contributed by atoms with Gasteiger partial charge in [0.1, 0.15) is 0 Å². The molecule has 1 aromatic rings. The standard InChI is InChI=1S/C15H20BrNO3/c1-11(2)17(8-9-20-3)13-6-4-12(14(16)10-13)5-7-15(18)19/h4-7,10-11H,8-9H2,1-3H3,(H,18,19)/b7-5+. The number of hydrogen-bond donors (Lipinski definition) is 1. The van der Waals surface area contributed by atoms with Crippen molar-refractivity contribution in [1.29, 1.82) is 0 Å². The van der Waals surface area contributed by atoms with Gasteiger partial charge in [-0.15, -0.1) is 0 Å². The van der Waals surface area contributed by atoms with E-state index in [9.17, 15) is 4.79 Å². The molecule has 0 spiro atoms. The molecule has 0 heterocycles. The summed E-state index contributed by atoms with van der Waals surface area (Å²) in [5.74, 6) is -0.954. The fourth-order valence-corrected chi connectivity index (χ4v) is 2.36. The molecule has 0 aliphatic rings. The predicted octanol–water partition coefficient (Wildman–Crippen LogP) is 3.41. The van der Waals surface area contributed by atoms with Crippen LogP contribution in [-0.2, 0) is 9.53 Å². The van der Waals surface area contributed by atoms with E-state index in [2.05, 4.69) is 34.7 Å².